The standard InChI is InChI=1S/C26H23N3O4/c1-3-25(31)32-23-7-5-4-6-20(23)11-8-19-9-12-21(13-10-19)24-16-22(28-33-24)17-29-15-14-27-26(29)18(2)30/h4-7,9-10,12-16,18,30H,3,17H2,1-2H3/t18-/m0/s1. The molecule has 2 aromatic heterocycles. The third-order valence-corrected chi connectivity index (χ3v) is 4.92. The van der Waals surface area contributed by atoms with Gasteiger partial charge in [0, 0.05) is 36.0 Å². The van der Waals surface area contributed by atoms with Gasteiger partial charge in [-0.25, -0.2) is 4.98 Å². The van der Waals surface area contributed by atoms with Crippen molar-refractivity contribution in [2.45, 2.75) is 32.9 Å². The minimum Gasteiger partial charge on any atom is -0.425 e. The Balaban J connectivity index is 1.47. The van der Waals surface area contributed by atoms with Crippen LogP contribution in [0.1, 0.15) is 49.0 Å². The van der Waals surface area contributed by atoms with Crippen LogP contribution in [0, 0.1) is 11.8 Å². The van der Waals surface area contributed by atoms with E-state index in [9.17, 15) is 9.90 Å². The van der Waals surface area contributed by atoms with E-state index in [0.717, 1.165) is 16.8 Å². The Morgan fingerprint density at radius 2 is 1.97 bits per heavy atom. The Bertz CT molecular complexity index is 1310. The Morgan fingerprint density at radius 3 is 2.73 bits per heavy atom. The molecule has 0 unspecified atom stereocenters. The molecule has 0 aliphatic carbocycles. The van der Waals surface area contributed by atoms with E-state index >= 15 is 0 Å². The van der Waals surface area contributed by atoms with E-state index < -0.39 is 6.10 Å². The average Bonchev–Trinajstić information content (AvgIpc) is 3.49. The van der Waals surface area contributed by atoms with Crippen molar-refractivity contribution >= 4 is 5.97 Å². The number of esters is 1. The van der Waals surface area contributed by atoms with Crippen LogP contribution in [-0.2, 0) is 11.3 Å². The van der Waals surface area contributed by atoms with Gasteiger partial charge >= 0.3 is 5.97 Å². The number of aliphatic hydroxyl groups is 1. The number of para-hydroxylation sites is 1. The first-order chi connectivity index (χ1) is 16.0. The zero-order chi connectivity index (χ0) is 23.2. The maximum Gasteiger partial charge on any atom is 0.310 e. The van der Waals surface area contributed by atoms with Crippen LogP contribution in [-0.4, -0.2) is 25.8 Å². The van der Waals surface area contributed by atoms with Crippen molar-refractivity contribution in [3.8, 4) is 28.9 Å². The predicted octanol–water partition coefficient (Wildman–Crippen LogP) is 4.35. The maximum absolute atomic E-state index is 11.6. The van der Waals surface area contributed by atoms with Gasteiger partial charge in [0.15, 0.2) is 5.76 Å². The van der Waals surface area contributed by atoms with Gasteiger partial charge < -0.3 is 18.9 Å². The number of aromatic nitrogens is 3. The second kappa shape index (κ2) is 9.98. The zero-order valence-electron chi connectivity index (χ0n) is 18.4. The number of nitrogens with zero attached hydrogens (tertiary/aromatic N) is 3. The molecule has 2 aromatic carbocycles. The normalized spacial score (nSPS) is 11.5. The first-order valence-electron chi connectivity index (χ1n) is 10.6. The fourth-order valence-corrected chi connectivity index (χ4v) is 3.23. The summed E-state index contributed by atoms with van der Waals surface area (Å²) in [5.74, 6) is 7.55. The van der Waals surface area contributed by atoms with Gasteiger partial charge in [0.25, 0.3) is 0 Å². The molecule has 4 rings (SSSR count). The van der Waals surface area contributed by atoms with Gasteiger partial charge in [-0.05, 0) is 43.3 Å². The van der Waals surface area contributed by atoms with Crippen molar-refractivity contribution in [3.05, 3.63) is 89.6 Å². The van der Waals surface area contributed by atoms with Crippen LogP contribution in [0.25, 0.3) is 11.3 Å². The molecule has 2 heterocycles. The number of rotatable bonds is 6. The van der Waals surface area contributed by atoms with Gasteiger partial charge in [0.05, 0.1) is 12.1 Å². The number of carbonyl (C=O) groups is 1. The average molecular weight is 441 g/mol. The fourth-order valence-electron chi connectivity index (χ4n) is 3.23. The minimum absolute atomic E-state index is 0.296. The van der Waals surface area contributed by atoms with Gasteiger partial charge in [0.2, 0.25) is 0 Å². The number of carbonyl (C=O) groups excluding carboxylic acids is 1. The first-order valence-corrected chi connectivity index (χ1v) is 10.6. The van der Waals surface area contributed by atoms with Gasteiger partial charge in [-0.2, -0.15) is 0 Å². The van der Waals surface area contributed by atoms with Crippen LogP contribution in [0.3, 0.4) is 0 Å². The fraction of sp³-hybridized carbons (Fsp3) is 0.192. The quantitative estimate of drug-likeness (QED) is 0.272. The second-order valence-electron chi connectivity index (χ2n) is 7.42. The lowest BCUT2D eigenvalue weighted by atomic mass is 10.1. The van der Waals surface area contributed by atoms with Crippen LogP contribution < -0.4 is 4.74 Å². The van der Waals surface area contributed by atoms with E-state index in [1.54, 1.807) is 32.3 Å². The van der Waals surface area contributed by atoms with Crippen LogP contribution in [0.5, 0.6) is 5.75 Å². The van der Waals surface area contributed by atoms with Crippen molar-refractivity contribution in [2.24, 2.45) is 0 Å². The molecule has 0 spiro atoms. The third kappa shape index (κ3) is 5.37. The van der Waals surface area contributed by atoms with E-state index in [1.807, 2.05) is 53.1 Å². The lowest BCUT2D eigenvalue weighted by Crippen LogP contribution is -2.07. The molecule has 0 saturated heterocycles. The molecule has 0 aliphatic rings. The van der Waals surface area contributed by atoms with Gasteiger partial charge in [-0.3, -0.25) is 4.79 Å². The predicted molar refractivity (Wildman–Crippen MR) is 122 cm³/mol. The highest BCUT2D eigenvalue weighted by molar-refractivity contribution is 5.73. The largest absolute Gasteiger partial charge is 0.425 e. The summed E-state index contributed by atoms with van der Waals surface area (Å²) in [6.45, 7) is 3.88. The first kappa shape index (κ1) is 22.1. The van der Waals surface area contributed by atoms with Crippen molar-refractivity contribution in [3.63, 3.8) is 0 Å². The summed E-state index contributed by atoms with van der Waals surface area (Å²) in [7, 11) is 0. The molecule has 0 aliphatic heterocycles. The second-order valence-corrected chi connectivity index (χ2v) is 7.42. The number of hydrogen-bond donors (Lipinski definition) is 1. The molecule has 166 valence electrons. The molecule has 1 N–H and O–H groups in total. The summed E-state index contributed by atoms with van der Waals surface area (Å²) in [5.41, 5.74) is 3.07. The topological polar surface area (TPSA) is 90.4 Å². The molecule has 0 bridgehead atoms. The summed E-state index contributed by atoms with van der Waals surface area (Å²) >= 11 is 0. The lowest BCUT2D eigenvalue weighted by molar-refractivity contribution is -0.134. The van der Waals surface area contributed by atoms with Crippen molar-refractivity contribution in [2.75, 3.05) is 0 Å². The van der Waals surface area contributed by atoms with Crippen molar-refractivity contribution in [1.82, 2.24) is 14.7 Å². The molecular formula is C26H23N3O4. The highest BCUT2D eigenvalue weighted by Gasteiger charge is 2.12. The van der Waals surface area contributed by atoms with Gasteiger partial charge in [0.1, 0.15) is 23.4 Å². The Labute approximate surface area is 191 Å². The summed E-state index contributed by atoms with van der Waals surface area (Å²) in [6.07, 6.45) is 3.09. The lowest BCUT2D eigenvalue weighted by Gasteiger charge is -2.07. The molecule has 4 aromatic rings. The van der Waals surface area contributed by atoms with Crippen LogP contribution in [0.2, 0.25) is 0 Å². The maximum atomic E-state index is 11.6. The summed E-state index contributed by atoms with van der Waals surface area (Å²) in [4.78, 5) is 15.8. The van der Waals surface area contributed by atoms with E-state index in [1.165, 1.54) is 0 Å². The molecule has 0 fully saturated rings. The Hall–Kier alpha value is -4.15. The Morgan fingerprint density at radius 1 is 1.18 bits per heavy atom. The van der Waals surface area contributed by atoms with Crippen molar-refractivity contribution in [1.29, 1.82) is 0 Å². The summed E-state index contributed by atoms with van der Waals surface area (Å²) in [5, 5.41) is 13.9. The molecule has 0 saturated carbocycles. The molecule has 0 radical (unpaired) electrons. The zero-order valence-corrected chi connectivity index (χ0v) is 18.4. The molecule has 7 nitrogen and oxygen atoms in total. The highest BCUT2D eigenvalue weighted by Crippen LogP contribution is 2.22. The minimum atomic E-state index is -0.661. The number of ether oxygens (including phenoxy) is 1. The number of benzene rings is 2. The highest BCUT2D eigenvalue weighted by atomic mass is 16.5. The molecule has 33 heavy (non-hydrogen) atoms. The van der Waals surface area contributed by atoms with Crippen LogP contribution in [0.4, 0.5) is 0 Å². The monoisotopic (exact) mass is 441 g/mol. The molecule has 0 amide bonds. The molecular weight excluding hydrogens is 418 g/mol. The smallest absolute Gasteiger partial charge is 0.310 e. The summed E-state index contributed by atoms with van der Waals surface area (Å²) < 4.78 is 12.7. The van der Waals surface area contributed by atoms with E-state index in [4.69, 9.17) is 9.26 Å². The van der Waals surface area contributed by atoms with E-state index in [2.05, 4.69) is 22.0 Å². The SMILES string of the molecule is CCC(=O)Oc1ccccc1C#Cc1ccc(-c2cc(Cn3ccnc3[C@H](C)O)no2)cc1. The molecule has 1 atom stereocenters. The Kier molecular flexibility index (Phi) is 6.67. The third-order valence-electron chi connectivity index (χ3n) is 4.92. The number of imidazole rings is 1. The van der Waals surface area contributed by atoms with Crippen LogP contribution >= 0.6 is 0 Å². The van der Waals surface area contributed by atoms with E-state index in [0.29, 0.717) is 35.9 Å². The van der Waals surface area contributed by atoms with Gasteiger partial charge in [-0.1, -0.05) is 36.1 Å². The number of aliphatic hydroxyl groups excluding tert-OH is 1. The van der Waals surface area contributed by atoms with Crippen molar-refractivity contribution < 1.29 is 19.2 Å². The molecule has 7 heteroatoms. The number of hydrogen-bond acceptors (Lipinski definition) is 6. The summed E-state index contributed by atoms with van der Waals surface area (Å²) in [6, 6.07) is 16.7. The van der Waals surface area contributed by atoms with Crippen LogP contribution in [0.15, 0.2) is 71.5 Å². The van der Waals surface area contributed by atoms with E-state index in [-0.39, 0.29) is 5.97 Å². The van der Waals surface area contributed by atoms with Gasteiger partial charge in [-0.15, -0.1) is 0 Å².